The van der Waals surface area contributed by atoms with Crippen LogP contribution in [-0.4, -0.2) is 22.2 Å². The van der Waals surface area contributed by atoms with E-state index in [2.05, 4.69) is 21.4 Å². The number of aliphatic imine (C=N–C) groups is 1. The molecule has 1 saturated heterocycles. The summed E-state index contributed by atoms with van der Waals surface area (Å²) in [5, 5.41) is 3.34. The highest BCUT2D eigenvalue weighted by Gasteiger charge is 2.26. The number of amidine groups is 1. The Morgan fingerprint density at radius 3 is 3.00 bits per heavy atom. The second-order valence-electron chi connectivity index (χ2n) is 5.64. The maximum absolute atomic E-state index is 12.2. The van der Waals surface area contributed by atoms with E-state index in [1.807, 2.05) is 43.3 Å². The molecule has 1 fully saturated rings. The summed E-state index contributed by atoms with van der Waals surface area (Å²) in [7, 11) is 0. The quantitative estimate of drug-likeness (QED) is 0.840. The number of ether oxygens (including phenoxy) is 1. The maximum Gasteiger partial charge on any atom is 0.264 e. The molecule has 0 aliphatic carbocycles. The molecule has 3 heterocycles. The van der Waals surface area contributed by atoms with Gasteiger partial charge in [-0.05, 0) is 54.6 Å². The fraction of sp³-hybridized carbons (Fsp3) is 0.105. The summed E-state index contributed by atoms with van der Waals surface area (Å²) in [5.41, 5.74) is 2.67. The average molecular weight is 349 g/mol. The third-order valence-corrected chi connectivity index (χ3v) is 4.75. The lowest BCUT2D eigenvalue weighted by Crippen LogP contribution is -2.20. The number of carbonyl (C=O) groups excluding carboxylic acids is 1. The van der Waals surface area contributed by atoms with Gasteiger partial charge in [0.15, 0.2) is 5.17 Å². The molecule has 0 radical (unpaired) electrons. The van der Waals surface area contributed by atoms with Gasteiger partial charge in [0.05, 0.1) is 16.8 Å². The van der Waals surface area contributed by atoms with E-state index in [1.54, 1.807) is 18.5 Å². The van der Waals surface area contributed by atoms with Crippen LogP contribution in [0.1, 0.15) is 12.5 Å². The van der Waals surface area contributed by atoms with Gasteiger partial charge >= 0.3 is 0 Å². The summed E-state index contributed by atoms with van der Waals surface area (Å²) in [6, 6.07) is 11.5. The van der Waals surface area contributed by atoms with Crippen LogP contribution < -0.4 is 10.1 Å². The van der Waals surface area contributed by atoms with Crippen LogP contribution in [0.2, 0.25) is 0 Å². The van der Waals surface area contributed by atoms with Gasteiger partial charge in [-0.2, -0.15) is 0 Å². The molecule has 4 rings (SSSR count). The minimum absolute atomic E-state index is 0.116. The van der Waals surface area contributed by atoms with Gasteiger partial charge in [0, 0.05) is 11.8 Å². The number of rotatable bonds is 2. The van der Waals surface area contributed by atoms with Crippen LogP contribution in [0, 0.1) is 0 Å². The molecule has 1 amide bonds. The molecular weight excluding hydrogens is 334 g/mol. The highest BCUT2D eigenvalue weighted by atomic mass is 32.2. The van der Waals surface area contributed by atoms with Crippen LogP contribution >= 0.6 is 11.8 Å². The van der Waals surface area contributed by atoms with Gasteiger partial charge in [0.1, 0.15) is 11.9 Å². The van der Waals surface area contributed by atoms with Gasteiger partial charge in [-0.25, -0.2) is 4.99 Å². The molecule has 1 atom stereocenters. The van der Waals surface area contributed by atoms with Crippen molar-refractivity contribution in [2.45, 2.75) is 13.0 Å². The first-order valence-corrected chi connectivity index (χ1v) is 8.67. The number of fused-ring (bicyclic) bond motifs is 1. The van der Waals surface area contributed by atoms with Crippen molar-refractivity contribution in [3.8, 4) is 5.75 Å². The lowest BCUT2D eigenvalue weighted by atomic mass is 10.0. The van der Waals surface area contributed by atoms with E-state index in [-0.39, 0.29) is 12.0 Å². The van der Waals surface area contributed by atoms with Crippen LogP contribution in [0.3, 0.4) is 0 Å². The van der Waals surface area contributed by atoms with Crippen molar-refractivity contribution >= 4 is 34.6 Å². The Hall–Kier alpha value is -2.86. The summed E-state index contributed by atoms with van der Waals surface area (Å²) >= 11 is 1.32. The molecule has 0 unspecified atom stereocenters. The molecule has 1 aromatic carbocycles. The van der Waals surface area contributed by atoms with Crippen molar-refractivity contribution in [1.82, 2.24) is 10.3 Å². The summed E-state index contributed by atoms with van der Waals surface area (Å²) in [6.45, 7) is 1.97. The standard InChI is InChI=1S/C19H15N3O2S/c1-12-14(9-13-5-2-3-7-16(13)24-12)10-17-18(23)22-19(25-17)21-15-6-4-8-20-11-15/h2-12H,1H3,(H,21,22,23)/b17-10-/t12-/m0/s1. The van der Waals surface area contributed by atoms with Gasteiger partial charge in [0.2, 0.25) is 0 Å². The van der Waals surface area contributed by atoms with Crippen molar-refractivity contribution in [3.05, 3.63) is 70.9 Å². The summed E-state index contributed by atoms with van der Waals surface area (Å²) in [5.74, 6) is 0.708. The number of amides is 1. The maximum atomic E-state index is 12.2. The predicted molar refractivity (Wildman–Crippen MR) is 99.7 cm³/mol. The van der Waals surface area contributed by atoms with Crippen LogP contribution in [-0.2, 0) is 4.79 Å². The van der Waals surface area contributed by atoms with Gasteiger partial charge in [0.25, 0.3) is 5.91 Å². The minimum atomic E-state index is -0.153. The number of benzene rings is 1. The van der Waals surface area contributed by atoms with E-state index in [4.69, 9.17) is 4.74 Å². The normalized spacial score (nSPS) is 22.4. The smallest absolute Gasteiger partial charge is 0.264 e. The Morgan fingerprint density at radius 2 is 2.16 bits per heavy atom. The Morgan fingerprint density at radius 1 is 1.28 bits per heavy atom. The first kappa shape index (κ1) is 15.7. The number of thioether (sulfide) groups is 1. The number of carbonyl (C=O) groups is 1. The van der Waals surface area contributed by atoms with E-state index >= 15 is 0 Å². The number of hydrogen-bond donors (Lipinski definition) is 1. The van der Waals surface area contributed by atoms with E-state index < -0.39 is 0 Å². The van der Waals surface area contributed by atoms with Crippen LogP contribution in [0.5, 0.6) is 5.75 Å². The van der Waals surface area contributed by atoms with E-state index in [0.717, 1.165) is 16.9 Å². The third kappa shape index (κ3) is 3.34. The Kier molecular flexibility index (Phi) is 4.11. The lowest BCUT2D eigenvalue weighted by molar-refractivity contribution is -0.115. The van der Waals surface area contributed by atoms with E-state index in [0.29, 0.717) is 15.8 Å². The van der Waals surface area contributed by atoms with Crippen molar-refractivity contribution in [1.29, 1.82) is 0 Å². The van der Waals surface area contributed by atoms with Crippen molar-refractivity contribution in [2.24, 2.45) is 4.99 Å². The van der Waals surface area contributed by atoms with Crippen LogP contribution in [0.15, 0.2) is 70.3 Å². The van der Waals surface area contributed by atoms with Crippen molar-refractivity contribution in [3.63, 3.8) is 0 Å². The topological polar surface area (TPSA) is 63.6 Å². The van der Waals surface area contributed by atoms with Gasteiger partial charge in [-0.15, -0.1) is 0 Å². The highest BCUT2D eigenvalue weighted by molar-refractivity contribution is 8.18. The predicted octanol–water partition coefficient (Wildman–Crippen LogP) is 3.68. The van der Waals surface area contributed by atoms with Gasteiger partial charge in [-0.1, -0.05) is 18.2 Å². The first-order valence-electron chi connectivity index (χ1n) is 7.86. The molecule has 0 saturated carbocycles. The Balaban J connectivity index is 1.61. The molecule has 2 aliphatic heterocycles. The zero-order chi connectivity index (χ0) is 17.2. The van der Waals surface area contributed by atoms with Gasteiger partial charge in [-0.3, -0.25) is 9.78 Å². The molecular formula is C19H15N3O2S. The zero-order valence-corrected chi connectivity index (χ0v) is 14.3. The largest absolute Gasteiger partial charge is 0.485 e. The second-order valence-corrected chi connectivity index (χ2v) is 6.67. The number of hydrogen-bond acceptors (Lipinski definition) is 5. The average Bonchev–Trinajstić information content (AvgIpc) is 2.95. The minimum Gasteiger partial charge on any atom is -0.485 e. The number of pyridine rings is 1. The monoisotopic (exact) mass is 349 g/mol. The molecule has 6 heteroatoms. The van der Waals surface area contributed by atoms with Crippen molar-refractivity contribution < 1.29 is 9.53 Å². The third-order valence-electron chi connectivity index (χ3n) is 3.84. The van der Waals surface area contributed by atoms with Crippen LogP contribution in [0.25, 0.3) is 6.08 Å². The van der Waals surface area contributed by atoms with Gasteiger partial charge < -0.3 is 10.1 Å². The number of para-hydroxylation sites is 1. The molecule has 2 aromatic rings. The Labute approximate surface area is 149 Å². The first-order chi connectivity index (χ1) is 12.2. The zero-order valence-electron chi connectivity index (χ0n) is 13.5. The van der Waals surface area contributed by atoms with Crippen molar-refractivity contribution in [2.75, 3.05) is 0 Å². The molecule has 5 nitrogen and oxygen atoms in total. The molecule has 0 spiro atoms. The van der Waals surface area contributed by atoms with Crippen LogP contribution in [0.4, 0.5) is 5.69 Å². The highest BCUT2D eigenvalue weighted by Crippen LogP contribution is 2.33. The number of nitrogens with one attached hydrogen (secondary N) is 1. The molecule has 1 aromatic heterocycles. The summed E-state index contributed by atoms with van der Waals surface area (Å²) < 4.78 is 5.92. The summed E-state index contributed by atoms with van der Waals surface area (Å²) in [6.07, 6.45) is 7.14. The second kappa shape index (κ2) is 6.57. The Bertz CT molecular complexity index is 919. The van der Waals surface area contributed by atoms with E-state index in [1.165, 1.54) is 11.8 Å². The fourth-order valence-corrected chi connectivity index (χ4v) is 3.43. The lowest BCUT2D eigenvalue weighted by Gasteiger charge is -2.22. The van der Waals surface area contributed by atoms with E-state index in [9.17, 15) is 4.79 Å². The SMILES string of the molecule is C[C@@H]1Oc2ccccc2C=C1/C=C1\SC(=Nc2cccnc2)NC1=O. The molecule has 124 valence electrons. The molecule has 25 heavy (non-hydrogen) atoms. The molecule has 0 bridgehead atoms. The molecule has 1 N–H and O–H groups in total. The molecule has 2 aliphatic rings. The number of aromatic nitrogens is 1. The number of nitrogens with zero attached hydrogens (tertiary/aromatic N) is 2. The fourth-order valence-electron chi connectivity index (χ4n) is 2.59. The summed E-state index contributed by atoms with van der Waals surface area (Å²) in [4.78, 5) is 21.3.